The Morgan fingerprint density at radius 3 is 1.38 bits per heavy atom. The first-order valence-corrected chi connectivity index (χ1v) is 14.6. The van der Waals surface area contributed by atoms with E-state index in [9.17, 15) is 0 Å². The Bertz CT molecular complexity index is 660. The third-order valence-electron chi connectivity index (χ3n) is 7.14. The summed E-state index contributed by atoms with van der Waals surface area (Å²) in [5.74, 6) is 0. The van der Waals surface area contributed by atoms with E-state index in [1.165, 1.54) is 94.6 Å². The van der Waals surface area contributed by atoms with Gasteiger partial charge in [0, 0.05) is 24.5 Å². The van der Waals surface area contributed by atoms with Crippen molar-refractivity contribution >= 4 is 11.6 Å². The quantitative estimate of drug-likeness (QED) is 0.134. The fourth-order valence-corrected chi connectivity index (χ4v) is 5.12. The fraction of sp³-hybridized carbons (Fsp3) is 0.625. The minimum absolute atomic E-state index is 0.195. The van der Waals surface area contributed by atoms with Gasteiger partial charge in [-0.05, 0) is 24.5 Å². The van der Waals surface area contributed by atoms with Crippen LogP contribution < -0.4 is 0 Å². The third-order valence-corrected chi connectivity index (χ3v) is 7.72. The van der Waals surface area contributed by atoms with Crippen LogP contribution in [0.25, 0.3) is 0 Å². The van der Waals surface area contributed by atoms with E-state index in [0.717, 1.165) is 19.5 Å². The van der Waals surface area contributed by atoms with E-state index in [2.05, 4.69) is 79.4 Å². The molecule has 0 radical (unpaired) electrons. The van der Waals surface area contributed by atoms with E-state index in [4.69, 9.17) is 11.6 Å². The highest BCUT2D eigenvalue weighted by Crippen LogP contribution is 2.22. The Morgan fingerprint density at radius 1 is 0.588 bits per heavy atom. The summed E-state index contributed by atoms with van der Waals surface area (Å²) in [6.07, 6.45) is 19.3. The van der Waals surface area contributed by atoms with E-state index in [0.29, 0.717) is 6.04 Å². The molecule has 2 heteroatoms. The van der Waals surface area contributed by atoms with Crippen molar-refractivity contribution in [3.8, 4) is 0 Å². The normalized spacial score (nSPS) is 13.3. The Morgan fingerprint density at radius 2 is 0.971 bits per heavy atom. The molecule has 0 N–H and O–H groups in total. The molecule has 0 fully saturated rings. The van der Waals surface area contributed by atoms with Gasteiger partial charge in [-0.1, -0.05) is 151 Å². The van der Waals surface area contributed by atoms with Crippen LogP contribution in [0.2, 0.25) is 0 Å². The maximum Gasteiger partial charge on any atom is 0.0489 e. The summed E-state index contributed by atoms with van der Waals surface area (Å²) in [6, 6.07) is 21.9. The zero-order valence-corrected chi connectivity index (χ0v) is 22.8. The van der Waals surface area contributed by atoms with Gasteiger partial charge < -0.3 is 0 Å². The topological polar surface area (TPSA) is 3.24 Å². The van der Waals surface area contributed by atoms with Crippen molar-refractivity contribution in [1.82, 2.24) is 4.90 Å². The average Bonchev–Trinajstić information content (AvgIpc) is 2.87. The van der Waals surface area contributed by atoms with E-state index < -0.39 is 0 Å². The van der Waals surface area contributed by atoms with Gasteiger partial charge in [0.1, 0.15) is 0 Å². The Balaban J connectivity index is 1.63. The molecule has 1 nitrogen and oxygen atoms in total. The van der Waals surface area contributed by atoms with Crippen LogP contribution >= 0.6 is 11.6 Å². The fourth-order valence-electron chi connectivity index (χ4n) is 4.81. The van der Waals surface area contributed by atoms with Gasteiger partial charge >= 0.3 is 0 Å². The monoisotopic (exact) mass is 483 g/mol. The molecule has 0 amide bonds. The van der Waals surface area contributed by atoms with Crippen LogP contribution in [0.4, 0.5) is 0 Å². The van der Waals surface area contributed by atoms with Crippen molar-refractivity contribution in [2.75, 3.05) is 0 Å². The second-order valence-electron chi connectivity index (χ2n) is 10.2. The van der Waals surface area contributed by atoms with Gasteiger partial charge in [-0.25, -0.2) is 0 Å². The molecule has 0 saturated heterocycles. The first kappa shape index (κ1) is 28.9. The highest BCUT2D eigenvalue weighted by atomic mass is 35.5. The Kier molecular flexibility index (Phi) is 16.1. The zero-order chi connectivity index (χ0) is 24.3. The highest BCUT2D eigenvalue weighted by molar-refractivity contribution is 6.21. The molecule has 0 heterocycles. The SMILES string of the molecule is CCCCCCCCCCCCCCC[C@H](Cl)[C@H](C)N(Cc1ccccc1)Cc1ccccc1. The predicted octanol–water partition coefficient (Wildman–Crippen LogP) is 10.2. The molecule has 0 unspecified atom stereocenters. The largest absolute Gasteiger partial charge is 0.291 e. The first-order valence-electron chi connectivity index (χ1n) is 14.2. The smallest absolute Gasteiger partial charge is 0.0489 e. The van der Waals surface area contributed by atoms with Gasteiger partial charge in [-0.15, -0.1) is 11.6 Å². The van der Waals surface area contributed by atoms with Crippen LogP contribution in [-0.2, 0) is 13.1 Å². The molecule has 0 aliphatic rings. The number of benzene rings is 2. The number of unbranched alkanes of at least 4 members (excludes halogenated alkanes) is 12. The average molecular weight is 484 g/mol. The number of hydrogen-bond acceptors (Lipinski definition) is 1. The number of hydrogen-bond donors (Lipinski definition) is 0. The second-order valence-corrected chi connectivity index (χ2v) is 10.7. The molecule has 2 aromatic carbocycles. The molecule has 0 aliphatic carbocycles. The maximum atomic E-state index is 6.96. The Hall–Kier alpha value is -1.31. The predicted molar refractivity (Wildman–Crippen MR) is 152 cm³/mol. The van der Waals surface area contributed by atoms with Crippen LogP contribution in [0, 0.1) is 0 Å². The van der Waals surface area contributed by atoms with Crippen LogP contribution in [-0.4, -0.2) is 16.3 Å². The number of alkyl halides is 1. The van der Waals surface area contributed by atoms with Gasteiger partial charge in [0.15, 0.2) is 0 Å². The summed E-state index contributed by atoms with van der Waals surface area (Å²) in [4.78, 5) is 2.55. The van der Waals surface area contributed by atoms with Crippen molar-refractivity contribution < 1.29 is 0 Å². The number of rotatable bonds is 20. The molecule has 2 atom stereocenters. The lowest BCUT2D eigenvalue weighted by Gasteiger charge is -2.32. The molecule has 0 spiro atoms. The molecular formula is C32H50ClN. The molecule has 34 heavy (non-hydrogen) atoms. The van der Waals surface area contributed by atoms with Gasteiger partial charge in [0.2, 0.25) is 0 Å². The molecule has 2 aromatic rings. The van der Waals surface area contributed by atoms with Gasteiger partial charge in [-0.3, -0.25) is 4.90 Å². The lowest BCUT2D eigenvalue weighted by molar-refractivity contribution is 0.181. The molecule has 0 bridgehead atoms. The Labute approximate surface area is 216 Å². The maximum absolute atomic E-state index is 6.96. The van der Waals surface area contributed by atoms with Crippen molar-refractivity contribution in [2.24, 2.45) is 0 Å². The lowest BCUT2D eigenvalue weighted by atomic mass is 10.0. The van der Waals surface area contributed by atoms with Crippen molar-refractivity contribution in [3.63, 3.8) is 0 Å². The van der Waals surface area contributed by atoms with E-state index in [1.54, 1.807) is 0 Å². The molecule has 190 valence electrons. The summed E-state index contributed by atoms with van der Waals surface area (Å²) >= 11 is 6.96. The molecule has 2 rings (SSSR count). The summed E-state index contributed by atoms with van der Waals surface area (Å²) < 4.78 is 0. The second kappa shape index (κ2) is 18.9. The van der Waals surface area contributed by atoms with Crippen molar-refractivity contribution in [2.45, 2.75) is 128 Å². The third kappa shape index (κ3) is 13.0. The minimum Gasteiger partial charge on any atom is -0.291 e. The zero-order valence-electron chi connectivity index (χ0n) is 22.1. The van der Waals surface area contributed by atoms with Crippen LogP contribution in [0.5, 0.6) is 0 Å². The lowest BCUT2D eigenvalue weighted by Crippen LogP contribution is -2.38. The summed E-state index contributed by atoms with van der Waals surface area (Å²) in [7, 11) is 0. The highest BCUT2D eigenvalue weighted by Gasteiger charge is 2.22. The van der Waals surface area contributed by atoms with Crippen molar-refractivity contribution in [1.29, 1.82) is 0 Å². The van der Waals surface area contributed by atoms with Gasteiger partial charge in [0.25, 0.3) is 0 Å². The summed E-state index contributed by atoms with van der Waals surface area (Å²) in [5.41, 5.74) is 2.71. The standard InChI is InChI=1S/C32H50ClN/c1-3-4-5-6-7-8-9-10-11-12-13-14-21-26-32(33)29(2)34(27-30-22-17-15-18-23-30)28-31-24-19-16-20-25-31/h15-20,22-25,29,32H,3-14,21,26-28H2,1-2H3/t29-,32-/m0/s1. The van der Waals surface area contributed by atoms with Crippen LogP contribution in [0.3, 0.4) is 0 Å². The van der Waals surface area contributed by atoms with Gasteiger partial charge in [0.05, 0.1) is 0 Å². The summed E-state index contributed by atoms with van der Waals surface area (Å²) in [5, 5.41) is 0.195. The first-order chi connectivity index (χ1) is 16.7. The summed E-state index contributed by atoms with van der Waals surface area (Å²) in [6.45, 7) is 6.49. The number of halogens is 1. The van der Waals surface area contributed by atoms with E-state index in [1.807, 2.05) is 0 Å². The van der Waals surface area contributed by atoms with Crippen molar-refractivity contribution in [3.05, 3.63) is 71.8 Å². The van der Waals surface area contributed by atoms with Gasteiger partial charge in [-0.2, -0.15) is 0 Å². The van der Waals surface area contributed by atoms with E-state index >= 15 is 0 Å². The minimum atomic E-state index is 0.195. The van der Waals surface area contributed by atoms with Crippen LogP contribution in [0.1, 0.15) is 115 Å². The molecule has 0 aromatic heterocycles. The van der Waals surface area contributed by atoms with Crippen LogP contribution in [0.15, 0.2) is 60.7 Å². The molecule has 0 saturated carbocycles. The number of nitrogens with zero attached hydrogens (tertiary/aromatic N) is 1. The molecule has 0 aliphatic heterocycles. The van der Waals surface area contributed by atoms with E-state index in [-0.39, 0.29) is 5.38 Å². The molecular weight excluding hydrogens is 434 g/mol.